The number of hydrogen-bond donors (Lipinski definition) is 6. The summed E-state index contributed by atoms with van der Waals surface area (Å²) in [5, 5.41) is 30.0. The lowest BCUT2D eigenvalue weighted by molar-refractivity contribution is 0.0997. The number of nitrogens with zero attached hydrogens (tertiary/aromatic N) is 1. The maximum atomic E-state index is 12.7. The third-order valence-electron chi connectivity index (χ3n) is 5.05. The number of benzene rings is 3. The number of primary amides is 1. The number of aliphatic hydroxyl groups excluding tert-OH is 2. The molecule has 7 N–H and O–H groups in total. The van der Waals surface area contributed by atoms with Gasteiger partial charge in [0.15, 0.2) is 10.8 Å². The molecule has 0 spiro atoms. The van der Waals surface area contributed by atoms with Crippen LogP contribution < -0.4 is 21.7 Å². The molecule has 0 aliphatic rings. The summed E-state index contributed by atoms with van der Waals surface area (Å²) < 4.78 is 0. The number of aliphatic hydroxyl groups is 2. The van der Waals surface area contributed by atoms with Gasteiger partial charge >= 0.3 is 0 Å². The van der Waals surface area contributed by atoms with E-state index in [1.807, 2.05) is 42.5 Å². The van der Waals surface area contributed by atoms with Gasteiger partial charge < -0.3 is 31.9 Å². The lowest BCUT2D eigenvalue weighted by atomic mass is 10.1. The minimum absolute atomic E-state index is 0.0336. The van der Waals surface area contributed by atoms with Gasteiger partial charge in [0.05, 0.1) is 19.3 Å². The SMILES string of the molecule is NC(=O)c1nc(Nc2ccc3ccccc3c2)sc1NC(=O)c1ccc(NC(CO)CO)cc1. The number of amides is 2. The van der Waals surface area contributed by atoms with Crippen LogP contribution in [0.2, 0.25) is 0 Å². The van der Waals surface area contributed by atoms with Crippen LogP contribution in [-0.4, -0.2) is 46.3 Å². The molecular formula is C24H23N5O4S. The molecule has 1 aromatic heterocycles. The zero-order valence-electron chi connectivity index (χ0n) is 18.0. The molecule has 4 aromatic rings. The minimum Gasteiger partial charge on any atom is -0.394 e. The quantitative estimate of drug-likeness (QED) is 0.217. The van der Waals surface area contributed by atoms with Crippen molar-refractivity contribution in [3.8, 4) is 0 Å². The van der Waals surface area contributed by atoms with E-state index in [1.165, 1.54) is 0 Å². The normalized spacial score (nSPS) is 10.9. The Morgan fingerprint density at radius 1 is 0.941 bits per heavy atom. The van der Waals surface area contributed by atoms with Crippen LogP contribution in [0.3, 0.4) is 0 Å². The van der Waals surface area contributed by atoms with Crippen LogP contribution in [0.15, 0.2) is 66.7 Å². The number of anilines is 4. The standard InChI is InChI=1S/C24H23N5O4S/c25-21(32)20-23(29-22(33)15-6-8-17(9-7-15)26-19(12-30)13-31)34-24(28-20)27-18-10-5-14-3-1-2-4-16(14)11-18/h1-11,19,26,30-31H,12-13H2,(H2,25,32)(H,27,28)(H,29,33). The third-order valence-corrected chi connectivity index (χ3v) is 5.93. The molecule has 0 aliphatic carbocycles. The maximum Gasteiger partial charge on any atom is 0.270 e. The number of fused-ring (bicyclic) bond motifs is 1. The average Bonchev–Trinajstić information content (AvgIpc) is 3.25. The average molecular weight is 478 g/mol. The summed E-state index contributed by atoms with van der Waals surface area (Å²) in [4.78, 5) is 28.9. The van der Waals surface area contributed by atoms with Crippen molar-refractivity contribution in [3.05, 3.63) is 78.0 Å². The molecule has 0 saturated carbocycles. The lowest BCUT2D eigenvalue weighted by Crippen LogP contribution is -2.27. The van der Waals surface area contributed by atoms with Gasteiger partial charge in [-0.25, -0.2) is 4.98 Å². The van der Waals surface area contributed by atoms with Crippen LogP contribution in [0.25, 0.3) is 10.8 Å². The monoisotopic (exact) mass is 477 g/mol. The van der Waals surface area contributed by atoms with Gasteiger partial charge in [0.2, 0.25) is 0 Å². The Morgan fingerprint density at radius 3 is 2.29 bits per heavy atom. The number of nitrogens with two attached hydrogens (primary N) is 1. The van der Waals surface area contributed by atoms with Crippen molar-refractivity contribution in [2.45, 2.75) is 6.04 Å². The number of carbonyl (C=O) groups excluding carboxylic acids is 2. The fourth-order valence-electron chi connectivity index (χ4n) is 3.29. The number of aromatic nitrogens is 1. The van der Waals surface area contributed by atoms with Crippen molar-refractivity contribution in [1.82, 2.24) is 4.98 Å². The first kappa shape index (κ1) is 23.2. The fourth-order valence-corrected chi connectivity index (χ4v) is 4.18. The van der Waals surface area contributed by atoms with Gasteiger partial charge in [0.1, 0.15) is 5.00 Å². The summed E-state index contributed by atoms with van der Waals surface area (Å²) in [5.41, 5.74) is 7.22. The smallest absolute Gasteiger partial charge is 0.270 e. The number of carbonyl (C=O) groups is 2. The molecule has 4 rings (SSSR count). The van der Waals surface area contributed by atoms with E-state index < -0.39 is 17.9 Å². The molecule has 34 heavy (non-hydrogen) atoms. The van der Waals surface area contributed by atoms with Gasteiger partial charge in [-0.15, -0.1) is 0 Å². The zero-order valence-corrected chi connectivity index (χ0v) is 18.8. The fraction of sp³-hybridized carbons (Fsp3) is 0.125. The highest BCUT2D eigenvalue weighted by atomic mass is 32.1. The van der Waals surface area contributed by atoms with Crippen LogP contribution in [0.5, 0.6) is 0 Å². The first-order chi connectivity index (χ1) is 16.5. The van der Waals surface area contributed by atoms with E-state index in [9.17, 15) is 19.8 Å². The minimum atomic E-state index is -0.753. The van der Waals surface area contributed by atoms with Crippen molar-refractivity contribution in [3.63, 3.8) is 0 Å². The molecule has 0 radical (unpaired) electrons. The molecule has 0 fully saturated rings. The van der Waals surface area contributed by atoms with E-state index in [0.717, 1.165) is 27.8 Å². The van der Waals surface area contributed by atoms with Crippen LogP contribution in [0.1, 0.15) is 20.8 Å². The predicted molar refractivity (Wildman–Crippen MR) is 134 cm³/mol. The number of thiazole rings is 1. The van der Waals surface area contributed by atoms with Crippen LogP contribution >= 0.6 is 11.3 Å². The Balaban J connectivity index is 1.50. The van der Waals surface area contributed by atoms with E-state index in [0.29, 0.717) is 16.4 Å². The summed E-state index contributed by atoms with van der Waals surface area (Å²) in [6.07, 6.45) is 0. The second-order valence-corrected chi connectivity index (χ2v) is 8.48. The highest BCUT2D eigenvalue weighted by Gasteiger charge is 2.19. The van der Waals surface area contributed by atoms with Crippen molar-refractivity contribution in [1.29, 1.82) is 0 Å². The summed E-state index contributed by atoms with van der Waals surface area (Å²) in [6.45, 7) is -0.453. The van der Waals surface area contributed by atoms with Gasteiger partial charge in [-0.3, -0.25) is 9.59 Å². The topological polar surface area (TPSA) is 150 Å². The molecule has 0 saturated heterocycles. The molecule has 0 unspecified atom stereocenters. The number of rotatable bonds is 9. The van der Waals surface area contributed by atoms with Crippen molar-refractivity contribution >= 4 is 55.4 Å². The van der Waals surface area contributed by atoms with Gasteiger partial charge in [-0.1, -0.05) is 41.7 Å². The first-order valence-electron chi connectivity index (χ1n) is 10.4. The Bertz CT molecular complexity index is 1320. The summed E-state index contributed by atoms with van der Waals surface area (Å²) in [7, 11) is 0. The maximum absolute atomic E-state index is 12.7. The molecule has 2 amide bonds. The van der Waals surface area contributed by atoms with E-state index in [-0.39, 0.29) is 23.9 Å². The van der Waals surface area contributed by atoms with Crippen LogP contribution in [0.4, 0.5) is 21.5 Å². The lowest BCUT2D eigenvalue weighted by Gasteiger charge is -2.14. The van der Waals surface area contributed by atoms with Crippen molar-refractivity contribution < 1.29 is 19.8 Å². The number of nitrogens with one attached hydrogen (secondary N) is 3. The largest absolute Gasteiger partial charge is 0.394 e. The second kappa shape index (κ2) is 10.3. The molecule has 10 heteroatoms. The van der Waals surface area contributed by atoms with E-state index in [2.05, 4.69) is 20.9 Å². The first-order valence-corrected chi connectivity index (χ1v) is 11.2. The molecular weight excluding hydrogens is 454 g/mol. The predicted octanol–water partition coefficient (Wildman–Crippen LogP) is 3.16. The summed E-state index contributed by atoms with van der Waals surface area (Å²) in [6, 6.07) is 19.8. The summed E-state index contributed by atoms with van der Waals surface area (Å²) in [5.74, 6) is -1.19. The number of hydrogen-bond acceptors (Lipinski definition) is 8. The highest BCUT2D eigenvalue weighted by molar-refractivity contribution is 7.20. The highest BCUT2D eigenvalue weighted by Crippen LogP contribution is 2.32. The molecule has 0 aliphatic heterocycles. The zero-order chi connectivity index (χ0) is 24.1. The van der Waals surface area contributed by atoms with Crippen LogP contribution in [-0.2, 0) is 0 Å². The second-order valence-electron chi connectivity index (χ2n) is 7.49. The van der Waals surface area contributed by atoms with E-state index in [4.69, 9.17) is 5.73 Å². The van der Waals surface area contributed by atoms with E-state index >= 15 is 0 Å². The van der Waals surface area contributed by atoms with Crippen molar-refractivity contribution in [2.75, 3.05) is 29.2 Å². The molecule has 1 heterocycles. The van der Waals surface area contributed by atoms with Crippen molar-refractivity contribution in [2.24, 2.45) is 5.73 Å². The Kier molecular flexibility index (Phi) is 7.02. The molecule has 3 aromatic carbocycles. The van der Waals surface area contributed by atoms with Crippen LogP contribution in [0, 0.1) is 0 Å². The Labute approximate surface area is 199 Å². The molecule has 0 atom stereocenters. The Hall–Kier alpha value is -3.99. The molecule has 174 valence electrons. The molecule has 0 bridgehead atoms. The van der Waals surface area contributed by atoms with Gasteiger partial charge in [-0.05, 0) is 47.2 Å². The molecule has 9 nitrogen and oxygen atoms in total. The summed E-state index contributed by atoms with van der Waals surface area (Å²) >= 11 is 1.11. The van der Waals surface area contributed by atoms with Gasteiger partial charge in [0.25, 0.3) is 11.8 Å². The Morgan fingerprint density at radius 2 is 1.62 bits per heavy atom. The van der Waals surface area contributed by atoms with Gasteiger partial charge in [-0.2, -0.15) is 0 Å². The third kappa shape index (κ3) is 5.31. The van der Waals surface area contributed by atoms with E-state index in [1.54, 1.807) is 24.3 Å². The van der Waals surface area contributed by atoms with Gasteiger partial charge in [0, 0.05) is 16.9 Å².